The maximum atomic E-state index is 13.2. The molecule has 31 heavy (non-hydrogen) atoms. The topological polar surface area (TPSA) is 58.3 Å². The van der Waals surface area contributed by atoms with E-state index in [1.54, 1.807) is 12.1 Å². The standard InChI is InChI=1S/C24H29FN4O2/c1-27(18-23(30)26-22-11-5-10-21(25)17-22)19-24(31)29-15-13-28(14-16-29)12-6-9-20-7-3-2-4-8-20/h2-11,17H,12-16,18-19H2,1H3,(H,26,30)/p+2/b9-6+. The molecule has 0 radical (unpaired) electrons. The maximum absolute atomic E-state index is 13.2. The van der Waals surface area contributed by atoms with Gasteiger partial charge in [-0.2, -0.15) is 0 Å². The second-order valence-corrected chi connectivity index (χ2v) is 8.02. The highest BCUT2D eigenvalue weighted by atomic mass is 19.1. The average Bonchev–Trinajstić information content (AvgIpc) is 2.74. The SMILES string of the molecule is C[NH+](CC(=O)Nc1cccc(F)c1)CC(=O)N1CC[NH+](C/C=C/c2ccccc2)CC1. The molecule has 0 saturated carbocycles. The molecule has 2 aromatic rings. The third-order valence-corrected chi connectivity index (χ3v) is 5.36. The third-order valence-electron chi connectivity index (χ3n) is 5.36. The highest BCUT2D eigenvalue weighted by Gasteiger charge is 2.25. The van der Waals surface area contributed by atoms with Crippen molar-refractivity contribution in [2.75, 3.05) is 58.2 Å². The van der Waals surface area contributed by atoms with Gasteiger partial charge < -0.3 is 20.0 Å². The van der Waals surface area contributed by atoms with Crippen LogP contribution in [0, 0.1) is 5.82 Å². The smallest absolute Gasteiger partial charge is 0.279 e. The molecule has 1 fully saturated rings. The minimum atomic E-state index is -0.398. The van der Waals surface area contributed by atoms with E-state index >= 15 is 0 Å². The van der Waals surface area contributed by atoms with Gasteiger partial charge in [-0.1, -0.05) is 42.5 Å². The van der Waals surface area contributed by atoms with Crippen molar-refractivity contribution in [1.29, 1.82) is 0 Å². The number of nitrogens with zero attached hydrogens (tertiary/aromatic N) is 1. The number of hydrogen-bond acceptors (Lipinski definition) is 2. The number of carbonyl (C=O) groups excluding carboxylic acids is 2. The first-order valence-corrected chi connectivity index (χ1v) is 10.7. The fourth-order valence-electron chi connectivity index (χ4n) is 3.68. The van der Waals surface area contributed by atoms with E-state index in [2.05, 4.69) is 29.6 Å². The van der Waals surface area contributed by atoms with Gasteiger partial charge in [-0.25, -0.2) is 4.39 Å². The van der Waals surface area contributed by atoms with Gasteiger partial charge >= 0.3 is 0 Å². The predicted octanol–water partition coefficient (Wildman–Crippen LogP) is -0.281. The van der Waals surface area contributed by atoms with Crippen LogP contribution in [0.2, 0.25) is 0 Å². The van der Waals surface area contributed by atoms with Gasteiger partial charge in [0.2, 0.25) is 0 Å². The quantitative estimate of drug-likeness (QED) is 0.544. The van der Waals surface area contributed by atoms with Crippen LogP contribution < -0.4 is 15.1 Å². The Morgan fingerprint density at radius 2 is 1.84 bits per heavy atom. The van der Waals surface area contributed by atoms with E-state index in [0.29, 0.717) is 5.69 Å². The van der Waals surface area contributed by atoms with E-state index < -0.39 is 5.82 Å². The Labute approximate surface area is 182 Å². The van der Waals surface area contributed by atoms with Crippen LogP contribution >= 0.6 is 0 Å². The molecule has 0 aromatic heterocycles. The Bertz CT molecular complexity index is 895. The van der Waals surface area contributed by atoms with Crippen molar-refractivity contribution in [1.82, 2.24) is 4.90 Å². The second-order valence-electron chi connectivity index (χ2n) is 8.02. The van der Waals surface area contributed by atoms with Crippen molar-refractivity contribution in [3.05, 3.63) is 72.1 Å². The Balaban J connectivity index is 1.36. The molecule has 3 rings (SSSR count). The van der Waals surface area contributed by atoms with Crippen LogP contribution in [0.1, 0.15) is 5.56 Å². The van der Waals surface area contributed by atoms with Crippen molar-refractivity contribution in [2.24, 2.45) is 0 Å². The molecule has 1 heterocycles. The van der Waals surface area contributed by atoms with Gasteiger partial charge in [0, 0.05) is 5.69 Å². The minimum Gasteiger partial charge on any atom is -0.329 e. The number of halogens is 1. The molecular weight excluding hydrogens is 395 g/mol. The second kappa shape index (κ2) is 11.4. The van der Waals surface area contributed by atoms with E-state index in [-0.39, 0.29) is 24.9 Å². The zero-order chi connectivity index (χ0) is 22.1. The van der Waals surface area contributed by atoms with Crippen LogP contribution in [-0.4, -0.2) is 69.6 Å². The van der Waals surface area contributed by atoms with Crippen LogP contribution in [0.5, 0.6) is 0 Å². The summed E-state index contributed by atoms with van der Waals surface area (Å²) in [5, 5.41) is 2.67. The summed E-state index contributed by atoms with van der Waals surface area (Å²) in [6.45, 7) is 4.67. The van der Waals surface area contributed by atoms with Crippen LogP contribution in [0.15, 0.2) is 60.7 Å². The number of piperazine rings is 1. The van der Waals surface area contributed by atoms with Crippen molar-refractivity contribution >= 4 is 23.6 Å². The number of carbonyl (C=O) groups is 2. The molecular formula is C24H31FN4O2+2. The molecule has 0 spiro atoms. The van der Waals surface area contributed by atoms with E-state index in [1.807, 2.05) is 30.1 Å². The summed E-state index contributed by atoms with van der Waals surface area (Å²) in [6.07, 6.45) is 4.33. The van der Waals surface area contributed by atoms with Gasteiger partial charge in [-0.3, -0.25) is 9.59 Å². The Morgan fingerprint density at radius 3 is 2.55 bits per heavy atom. The molecule has 1 unspecified atom stereocenters. The monoisotopic (exact) mass is 426 g/mol. The number of quaternary nitrogens is 2. The van der Waals surface area contributed by atoms with Gasteiger partial charge in [0.1, 0.15) is 5.82 Å². The summed E-state index contributed by atoms with van der Waals surface area (Å²) in [7, 11) is 1.82. The van der Waals surface area contributed by atoms with Crippen molar-refractivity contribution in [3.63, 3.8) is 0 Å². The molecule has 3 N–H and O–H groups in total. The number of amides is 2. The van der Waals surface area contributed by atoms with Crippen LogP contribution in [-0.2, 0) is 9.59 Å². The van der Waals surface area contributed by atoms with E-state index in [0.717, 1.165) is 37.6 Å². The lowest BCUT2D eigenvalue weighted by Gasteiger charge is -2.32. The van der Waals surface area contributed by atoms with Crippen LogP contribution in [0.25, 0.3) is 6.08 Å². The first-order valence-electron chi connectivity index (χ1n) is 10.7. The van der Waals surface area contributed by atoms with Gasteiger partial charge in [0.05, 0.1) is 39.8 Å². The molecule has 1 saturated heterocycles. The largest absolute Gasteiger partial charge is 0.329 e. The zero-order valence-corrected chi connectivity index (χ0v) is 17.9. The molecule has 0 aliphatic carbocycles. The Morgan fingerprint density at radius 1 is 1.10 bits per heavy atom. The fourth-order valence-corrected chi connectivity index (χ4v) is 3.68. The number of benzene rings is 2. The number of nitrogens with one attached hydrogen (secondary N) is 3. The molecule has 1 aliphatic heterocycles. The first kappa shape index (κ1) is 22.7. The summed E-state index contributed by atoms with van der Waals surface area (Å²) >= 11 is 0. The lowest BCUT2D eigenvalue weighted by Crippen LogP contribution is -3.15. The van der Waals surface area contributed by atoms with Crippen molar-refractivity contribution in [2.45, 2.75) is 0 Å². The summed E-state index contributed by atoms with van der Waals surface area (Å²) in [6, 6.07) is 16.0. The molecule has 7 heteroatoms. The lowest BCUT2D eigenvalue weighted by molar-refractivity contribution is -0.898. The van der Waals surface area contributed by atoms with Gasteiger partial charge in [0.25, 0.3) is 11.8 Å². The van der Waals surface area contributed by atoms with Crippen molar-refractivity contribution < 1.29 is 23.8 Å². The average molecular weight is 427 g/mol. The van der Waals surface area contributed by atoms with Gasteiger partial charge in [-0.05, 0) is 29.8 Å². The molecule has 0 bridgehead atoms. The highest BCUT2D eigenvalue weighted by Crippen LogP contribution is 2.08. The van der Waals surface area contributed by atoms with Crippen LogP contribution in [0.4, 0.5) is 10.1 Å². The summed E-state index contributed by atoms with van der Waals surface area (Å²) in [5.74, 6) is -0.573. The highest BCUT2D eigenvalue weighted by molar-refractivity contribution is 5.91. The fraction of sp³-hybridized carbons (Fsp3) is 0.333. The molecule has 2 amide bonds. The van der Waals surface area contributed by atoms with Gasteiger partial charge in [-0.15, -0.1) is 0 Å². The summed E-state index contributed by atoms with van der Waals surface area (Å²) in [5.41, 5.74) is 1.62. The summed E-state index contributed by atoms with van der Waals surface area (Å²) in [4.78, 5) is 28.9. The molecule has 1 atom stereocenters. The molecule has 2 aromatic carbocycles. The van der Waals surface area contributed by atoms with Crippen molar-refractivity contribution in [3.8, 4) is 0 Å². The molecule has 164 valence electrons. The number of anilines is 1. The lowest BCUT2D eigenvalue weighted by atomic mass is 10.2. The maximum Gasteiger partial charge on any atom is 0.279 e. The molecule has 1 aliphatic rings. The molecule has 6 nitrogen and oxygen atoms in total. The normalized spacial score (nSPS) is 15.7. The zero-order valence-electron chi connectivity index (χ0n) is 17.9. The predicted molar refractivity (Wildman–Crippen MR) is 119 cm³/mol. The van der Waals surface area contributed by atoms with Gasteiger partial charge in [0.15, 0.2) is 13.1 Å². The van der Waals surface area contributed by atoms with E-state index in [4.69, 9.17) is 0 Å². The summed E-state index contributed by atoms with van der Waals surface area (Å²) < 4.78 is 13.2. The third kappa shape index (κ3) is 7.62. The van der Waals surface area contributed by atoms with Crippen LogP contribution in [0.3, 0.4) is 0 Å². The van der Waals surface area contributed by atoms with E-state index in [9.17, 15) is 14.0 Å². The number of hydrogen-bond donors (Lipinski definition) is 3. The first-order chi connectivity index (χ1) is 15.0. The Kier molecular flexibility index (Phi) is 8.32. The van der Waals surface area contributed by atoms with E-state index in [1.165, 1.54) is 22.6 Å². The number of rotatable bonds is 8. The minimum absolute atomic E-state index is 0.0648. The number of likely N-dealkylation sites (N-methyl/N-ethyl adjacent to an activating group) is 1. The Hall–Kier alpha value is -3.03.